The molecule has 0 aliphatic heterocycles. The third-order valence-electron chi connectivity index (χ3n) is 4.80. The van der Waals surface area contributed by atoms with Crippen molar-refractivity contribution < 1.29 is 0 Å². The minimum atomic E-state index is 0.0986. The van der Waals surface area contributed by atoms with Gasteiger partial charge in [0.2, 0.25) is 0 Å². The molecule has 18 heavy (non-hydrogen) atoms. The van der Waals surface area contributed by atoms with E-state index < -0.39 is 0 Å². The second-order valence-electron chi connectivity index (χ2n) is 6.45. The van der Waals surface area contributed by atoms with Crippen molar-refractivity contribution in [1.29, 1.82) is 0 Å². The summed E-state index contributed by atoms with van der Waals surface area (Å²) in [6, 6.07) is 4.59. The zero-order chi connectivity index (χ0) is 12.6. The van der Waals surface area contributed by atoms with Crippen LogP contribution in [0.4, 0.5) is 0 Å². The fourth-order valence-corrected chi connectivity index (χ4v) is 4.74. The lowest BCUT2D eigenvalue weighted by atomic mass is 9.72. The summed E-state index contributed by atoms with van der Waals surface area (Å²) in [6.07, 6.45) is 10.5. The van der Waals surface area contributed by atoms with Crippen molar-refractivity contribution in [3.63, 3.8) is 0 Å². The average Bonchev–Trinajstić information content (AvgIpc) is 3.11. The summed E-state index contributed by atoms with van der Waals surface area (Å²) in [5, 5.41) is 0. The highest BCUT2D eigenvalue weighted by Crippen LogP contribution is 2.46. The van der Waals surface area contributed by atoms with Crippen molar-refractivity contribution in [3.8, 4) is 0 Å². The quantitative estimate of drug-likeness (QED) is 0.867. The van der Waals surface area contributed by atoms with Crippen molar-refractivity contribution in [2.45, 2.75) is 63.8 Å². The van der Waals surface area contributed by atoms with Crippen LogP contribution < -0.4 is 5.73 Å². The number of hydrogen-bond acceptors (Lipinski definition) is 2. The molecule has 2 aliphatic carbocycles. The lowest BCUT2D eigenvalue weighted by Crippen LogP contribution is -2.46. The third kappa shape index (κ3) is 2.80. The molecule has 2 saturated carbocycles. The van der Waals surface area contributed by atoms with Gasteiger partial charge in [-0.2, -0.15) is 0 Å². The van der Waals surface area contributed by atoms with E-state index in [-0.39, 0.29) is 5.54 Å². The van der Waals surface area contributed by atoms with Crippen molar-refractivity contribution in [1.82, 2.24) is 0 Å². The van der Waals surface area contributed by atoms with E-state index in [1.807, 2.05) is 11.3 Å². The molecule has 2 N–H and O–H groups in total. The van der Waals surface area contributed by atoms with Gasteiger partial charge in [0.25, 0.3) is 0 Å². The van der Waals surface area contributed by atoms with Gasteiger partial charge in [0.15, 0.2) is 0 Å². The molecule has 0 radical (unpaired) electrons. The van der Waals surface area contributed by atoms with E-state index >= 15 is 0 Å². The first-order valence-electron chi connectivity index (χ1n) is 7.55. The number of hydrogen-bond donors (Lipinski definition) is 1. The van der Waals surface area contributed by atoms with E-state index in [4.69, 9.17) is 5.73 Å². The Labute approximate surface area is 115 Å². The third-order valence-corrected chi connectivity index (χ3v) is 6.03. The van der Waals surface area contributed by atoms with Crippen LogP contribution in [0.2, 0.25) is 0 Å². The fraction of sp³-hybridized carbons (Fsp3) is 0.750. The van der Waals surface area contributed by atoms with Gasteiger partial charge in [0.05, 0.1) is 0 Å². The normalized spacial score (nSPS) is 32.7. The van der Waals surface area contributed by atoms with Crippen LogP contribution in [0.3, 0.4) is 0 Å². The van der Waals surface area contributed by atoms with Gasteiger partial charge in [-0.1, -0.05) is 19.8 Å². The van der Waals surface area contributed by atoms with Crippen molar-refractivity contribution >= 4 is 11.3 Å². The van der Waals surface area contributed by atoms with Crippen molar-refractivity contribution in [3.05, 3.63) is 21.9 Å². The molecule has 2 heteroatoms. The highest BCUT2D eigenvalue weighted by Gasteiger charge is 2.40. The molecule has 3 rings (SSSR count). The molecule has 1 aromatic rings. The van der Waals surface area contributed by atoms with E-state index in [0.29, 0.717) is 0 Å². The SMILES string of the molecule is CCc1ccc(CC2(N)CCCC(C3CC3)C2)s1. The first-order chi connectivity index (χ1) is 8.68. The van der Waals surface area contributed by atoms with Crippen LogP contribution in [0.5, 0.6) is 0 Å². The monoisotopic (exact) mass is 263 g/mol. The molecule has 2 unspecified atom stereocenters. The Hall–Kier alpha value is -0.340. The average molecular weight is 263 g/mol. The molecule has 0 bridgehead atoms. The van der Waals surface area contributed by atoms with Gasteiger partial charge >= 0.3 is 0 Å². The van der Waals surface area contributed by atoms with Crippen LogP contribution >= 0.6 is 11.3 Å². The van der Waals surface area contributed by atoms with Gasteiger partial charge in [-0.15, -0.1) is 11.3 Å². The number of rotatable bonds is 4. The summed E-state index contributed by atoms with van der Waals surface area (Å²) in [5.41, 5.74) is 6.80. The lowest BCUT2D eigenvalue weighted by molar-refractivity contribution is 0.205. The molecule has 100 valence electrons. The maximum atomic E-state index is 6.70. The van der Waals surface area contributed by atoms with Crippen LogP contribution in [0.15, 0.2) is 12.1 Å². The molecule has 1 aromatic heterocycles. The van der Waals surface area contributed by atoms with Crippen LogP contribution in [-0.4, -0.2) is 5.54 Å². The Bertz CT molecular complexity index is 407. The van der Waals surface area contributed by atoms with Crippen LogP contribution in [0, 0.1) is 11.8 Å². The molecule has 0 aromatic carbocycles. The molecule has 2 fully saturated rings. The fourth-order valence-electron chi connectivity index (χ4n) is 3.63. The Morgan fingerprint density at radius 3 is 2.67 bits per heavy atom. The van der Waals surface area contributed by atoms with Gasteiger partial charge in [-0.3, -0.25) is 0 Å². The highest BCUT2D eigenvalue weighted by atomic mass is 32.1. The molecule has 0 amide bonds. The van der Waals surface area contributed by atoms with Gasteiger partial charge in [0.1, 0.15) is 0 Å². The Balaban J connectivity index is 1.65. The first kappa shape index (κ1) is 12.7. The summed E-state index contributed by atoms with van der Waals surface area (Å²) in [7, 11) is 0. The van der Waals surface area contributed by atoms with Crippen molar-refractivity contribution in [2.24, 2.45) is 17.6 Å². The van der Waals surface area contributed by atoms with Gasteiger partial charge in [0, 0.05) is 15.3 Å². The highest BCUT2D eigenvalue weighted by molar-refractivity contribution is 7.12. The van der Waals surface area contributed by atoms with Gasteiger partial charge in [-0.05, 0) is 62.5 Å². The number of aryl methyl sites for hydroxylation is 1. The molecule has 1 nitrogen and oxygen atoms in total. The molecule has 0 saturated heterocycles. The zero-order valence-electron chi connectivity index (χ0n) is 11.5. The predicted octanol–water partition coefficient (Wildman–Crippen LogP) is 4.15. The summed E-state index contributed by atoms with van der Waals surface area (Å²) in [4.78, 5) is 3.01. The maximum absolute atomic E-state index is 6.70. The molecule has 2 aliphatic rings. The number of thiophene rings is 1. The Morgan fingerprint density at radius 2 is 2.00 bits per heavy atom. The van der Waals surface area contributed by atoms with E-state index in [1.54, 1.807) is 0 Å². The van der Waals surface area contributed by atoms with Gasteiger partial charge in [-0.25, -0.2) is 0 Å². The predicted molar refractivity (Wildman–Crippen MR) is 79.0 cm³/mol. The maximum Gasteiger partial charge on any atom is 0.0205 e. The van der Waals surface area contributed by atoms with Crippen LogP contribution in [0.1, 0.15) is 55.2 Å². The minimum Gasteiger partial charge on any atom is -0.325 e. The summed E-state index contributed by atoms with van der Waals surface area (Å²) >= 11 is 1.97. The number of nitrogens with two attached hydrogens (primary N) is 1. The van der Waals surface area contributed by atoms with Crippen molar-refractivity contribution in [2.75, 3.05) is 0 Å². The topological polar surface area (TPSA) is 26.0 Å². The summed E-state index contributed by atoms with van der Waals surface area (Å²) in [5.74, 6) is 1.97. The lowest BCUT2D eigenvalue weighted by Gasteiger charge is -2.38. The summed E-state index contributed by atoms with van der Waals surface area (Å²) in [6.45, 7) is 2.23. The second kappa shape index (κ2) is 4.97. The largest absolute Gasteiger partial charge is 0.325 e. The zero-order valence-corrected chi connectivity index (χ0v) is 12.3. The van der Waals surface area contributed by atoms with E-state index in [9.17, 15) is 0 Å². The molecule has 2 atom stereocenters. The summed E-state index contributed by atoms with van der Waals surface area (Å²) < 4.78 is 0. The van der Waals surface area contributed by atoms with E-state index in [1.165, 1.54) is 48.3 Å². The standard InChI is InChI=1S/C16H25NS/c1-2-14-7-8-15(18-14)11-16(17)9-3-4-13(10-16)12-5-6-12/h7-8,12-13H,2-6,9-11,17H2,1H3. The molecular formula is C16H25NS. The minimum absolute atomic E-state index is 0.0986. The smallest absolute Gasteiger partial charge is 0.0205 e. The Morgan fingerprint density at radius 1 is 1.22 bits per heavy atom. The Kier molecular flexibility index (Phi) is 3.50. The first-order valence-corrected chi connectivity index (χ1v) is 8.37. The van der Waals surface area contributed by atoms with Crippen LogP contribution in [0.25, 0.3) is 0 Å². The van der Waals surface area contributed by atoms with E-state index in [0.717, 1.165) is 24.7 Å². The molecule has 1 heterocycles. The van der Waals surface area contributed by atoms with Crippen LogP contribution in [-0.2, 0) is 12.8 Å². The molecular weight excluding hydrogens is 238 g/mol. The second-order valence-corrected chi connectivity index (χ2v) is 7.71. The molecule has 0 spiro atoms. The van der Waals surface area contributed by atoms with Gasteiger partial charge < -0.3 is 5.73 Å². The van der Waals surface area contributed by atoms with E-state index in [2.05, 4.69) is 19.1 Å².